The molecule has 0 bridgehead atoms. The monoisotopic (exact) mass is 222 g/mol. The van der Waals surface area contributed by atoms with E-state index in [1.54, 1.807) is 7.05 Å². The number of aromatic nitrogens is 5. The van der Waals surface area contributed by atoms with Crippen molar-refractivity contribution in [2.24, 2.45) is 7.05 Å². The first-order valence-corrected chi connectivity index (χ1v) is 4.70. The van der Waals surface area contributed by atoms with Crippen molar-refractivity contribution in [1.82, 2.24) is 24.5 Å². The van der Waals surface area contributed by atoms with Crippen LogP contribution < -0.4 is 0 Å². The van der Waals surface area contributed by atoms with Crippen LogP contribution in [-0.4, -0.2) is 29.5 Å². The summed E-state index contributed by atoms with van der Waals surface area (Å²) >= 11 is 0. The Kier molecular flexibility index (Phi) is 2.39. The highest BCUT2D eigenvalue weighted by molar-refractivity contribution is 5.50. The number of aryl methyl sites for hydroxylation is 2. The zero-order valence-corrected chi connectivity index (χ0v) is 8.86. The molecule has 0 amide bonds. The highest BCUT2D eigenvalue weighted by atomic mass is 16.6. The van der Waals surface area contributed by atoms with E-state index in [1.165, 1.54) is 22.0 Å². The predicted octanol–water partition coefficient (Wildman–Crippen LogP) is 0.471. The molecule has 8 nitrogen and oxygen atoms in total. The minimum Gasteiger partial charge on any atom is -0.258 e. The Hall–Kier alpha value is -2.25. The molecule has 0 aromatic carbocycles. The van der Waals surface area contributed by atoms with E-state index in [0.717, 1.165) is 0 Å². The second-order valence-corrected chi connectivity index (χ2v) is 3.19. The molecule has 0 aliphatic heterocycles. The molecule has 0 spiro atoms. The molecular formula is C8H10N6O2. The summed E-state index contributed by atoms with van der Waals surface area (Å²) in [5.74, 6) is 0.319. The average Bonchev–Trinajstić information content (AvgIpc) is 2.83. The minimum absolute atomic E-state index is 0.0181. The topological polar surface area (TPSA) is 91.7 Å². The summed E-state index contributed by atoms with van der Waals surface area (Å²) in [6.45, 7) is 1.82. The van der Waals surface area contributed by atoms with E-state index in [0.29, 0.717) is 17.9 Å². The van der Waals surface area contributed by atoms with Gasteiger partial charge in [0, 0.05) is 7.05 Å². The first kappa shape index (κ1) is 10.3. The standard InChI is InChI=1S/C8H10N6O2/c1-3-6-7(14(15)16)8(12(2)11-6)13-5-9-4-10-13/h4-5H,3H2,1-2H3. The number of rotatable bonds is 3. The van der Waals surface area contributed by atoms with Crippen molar-refractivity contribution in [3.05, 3.63) is 28.5 Å². The van der Waals surface area contributed by atoms with Gasteiger partial charge < -0.3 is 0 Å². The molecule has 0 radical (unpaired) electrons. The van der Waals surface area contributed by atoms with Crippen molar-refractivity contribution >= 4 is 5.69 Å². The van der Waals surface area contributed by atoms with Gasteiger partial charge in [-0.2, -0.15) is 14.9 Å². The average molecular weight is 222 g/mol. The van der Waals surface area contributed by atoms with E-state index in [-0.39, 0.29) is 5.69 Å². The summed E-state index contributed by atoms with van der Waals surface area (Å²) in [4.78, 5) is 14.3. The molecule has 0 fully saturated rings. The Morgan fingerprint density at radius 3 is 2.81 bits per heavy atom. The van der Waals surface area contributed by atoms with Gasteiger partial charge in [-0.15, -0.1) is 0 Å². The van der Waals surface area contributed by atoms with Gasteiger partial charge in [-0.05, 0) is 6.42 Å². The summed E-state index contributed by atoms with van der Waals surface area (Å²) in [5, 5.41) is 19.0. The Bertz CT molecular complexity index is 515. The van der Waals surface area contributed by atoms with Gasteiger partial charge in [-0.3, -0.25) is 10.1 Å². The molecule has 0 aliphatic rings. The molecule has 0 aliphatic carbocycles. The quantitative estimate of drug-likeness (QED) is 0.556. The Morgan fingerprint density at radius 2 is 2.31 bits per heavy atom. The third kappa shape index (κ3) is 1.44. The second kappa shape index (κ2) is 3.72. The van der Waals surface area contributed by atoms with Crippen molar-refractivity contribution in [2.45, 2.75) is 13.3 Å². The predicted molar refractivity (Wildman–Crippen MR) is 54.2 cm³/mol. The first-order chi connectivity index (χ1) is 7.65. The molecule has 0 saturated heterocycles. The number of nitro groups is 1. The van der Waals surface area contributed by atoms with Crippen LogP contribution in [0.4, 0.5) is 5.69 Å². The highest BCUT2D eigenvalue weighted by Gasteiger charge is 2.27. The van der Waals surface area contributed by atoms with Crippen molar-refractivity contribution in [3.63, 3.8) is 0 Å². The van der Waals surface area contributed by atoms with E-state index >= 15 is 0 Å². The Balaban J connectivity index is 2.68. The maximum atomic E-state index is 11.0. The lowest BCUT2D eigenvalue weighted by Crippen LogP contribution is -2.05. The second-order valence-electron chi connectivity index (χ2n) is 3.19. The zero-order chi connectivity index (χ0) is 11.7. The summed E-state index contributed by atoms with van der Waals surface area (Å²) < 4.78 is 2.77. The lowest BCUT2D eigenvalue weighted by molar-refractivity contribution is -0.385. The van der Waals surface area contributed by atoms with Gasteiger partial charge in [0.15, 0.2) is 0 Å². The maximum Gasteiger partial charge on any atom is 0.336 e. The molecule has 0 N–H and O–H groups in total. The molecule has 2 rings (SSSR count). The van der Waals surface area contributed by atoms with Gasteiger partial charge in [0.25, 0.3) is 0 Å². The van der Waals surface area contributed by atoms with Gasteiger partial charge in [-0.25, -0.2) is 9.67 Å². The normalized spacial score (nSPS) is 10.6. The largest absolute Gasteiger partial charge is 0.336 e. The van der Waals surface area contributed by atoms with E-state index in [2.05, 4.69) is 15.2 Å². The van der Waals surface area contributed by atoms with Gasteiger partial charge in [0.1, 0.15) is 18.3 Å². The Morgan fingerprint density at radius 1 is 1.56 bits per heavy atom. The van der Waals surface area contributed by atoms with Crippen molar-refractivity contribution in [2.75, 3.05) is 0 Å². The fraction of sp³-hybridized carbons (Fsp3) is 0.375. The summed E-state index contributed by atoms with van der Waals surface area (Å²) in [6.07, 6.45) is 3.23. The van der Waals surface area contributed by atoms with Crippen LogP contribution in [0, 0.1) is 10.1 Å². The third-order valence-electron chi connectivity index (χ3n) is 2.22. The fourth-order valence-corrected chi connectivity index (χ4v) is 1.56. The van der Waals surface area contributed by atoms with Crippen LogP contribution in [0.15, 0.2) is 12.7 Å². The minimum atomic E-state index is -0.442. The first-order valence-electron chi connectivity index (χ1n) is 4.70. The molecule has 84 valence electrons. The summed E-state index contributed by atoms with van der Waals surface area (Å²) in [7, 11) is 1.64. The van der Waals surface area contributed by atoms with Gasteiger partial charge in [0.2, 0.25) is 5.82 Å². The van der Waals surface area contributed by atoms with Crippen LogP contribution in [-0.2, 0) is 13.5 Å². The maximum absolute atomic E-state index is 11.0. The van der Waals surface area contributed by atoms with Crippen LogP contribution in [0.1, 0.15) is 12.6 Å². The van der Waals surface area contributed by atoms with Crippen molar-refractivity contribution in [1.29, 1.82) is 0 Å². The van der Waals surface area contributed by atoms with Crippen LogP contribution in [0.5, 0.6) is 0 Å². The number of hydrogen-bond donors (Lipinski definition) is 0. The molecule has 8 heteroatoms. The molecule has 0 saturated carbocycles. The fourth-order valence-electron chi connectivity index (χ4n) is 1.56. The van der Waals surface area contributed by atoms with Crippen LogP contribution in [0.25, 0.3) is 5.82 Å². The third-order valence-corrected chi connectivity index (χ3v) is 2.22. The van der Waals surface area contributed by atoms with E-state index in [4.69, 9.17) is 0 Å². The van der Waals surface area contributed by atoms with Gasteiger partial charge >= 0.3 is 5.69 Å². The molecule has 2 aromatic heterocycles. The van der Waals surface area contributed by atoms with Crippen LogP contribution in [0.2, 0.25) is 0 Å². The lowest BCUT2D eigenvalue weighted by atomic mass is 10.3. The van der Waals surface area contributed by atoms with Gasteiger partial charge in [0.05, 0.1) is 4.92 Å². The van der Waals surface area contributed by atoms with E-state index in [9.17, 15) is 10.1 Å². The summed E-state index contributed by atoms with van der Waals surface area (Å²) in [6, 6.07) is 0. The van der Waals surface area contributed by atoms with Crippen molar-refractivity contribution in [3.8, 4) is 5.82 Å². The van der Waals surface area contributed by atoms with Gasteiger partial charge in [-0.1, -0.05) is 6.92 Å². The molecule has 0 unspecified atom stereocenters. The highest BCUT2D eigenvalue weighted by Crippen LogP contribution is 2.25. The number of nitrogens with zero attached hydrogens (tertiary/aromatic N) is 6. The number of hydrogen-bond acceptors (Lipinski definition) is 5. The van der Waals surface area contributed by atoms with Crippen molar-refractivity contribution < 1.29 is 4.92 Å². The SMILES string of the molecule is CCc1nn(C)c(-n2cncn2)c1[N+](=O)[O-]. The van der Waals surface area contributed by atoms with E-state index < -0.39 is 4.92 Å². The Labute approximate surface area is 90.7 Å². The smallest absolute Gasteiger partial charge is 0.258 e. The van der Waals surface area contributed by atoms with Crippen LogP contribution >= 0.6 is 0 Å². The molecule has 16 heavy (non-hydrogen) atoms. The van der Waals surface area contributed by atoms with E-state index in [1.807, 2.05) is 6.92 Å². The zero-order valence-electron chi connectivity index (χ0n) is 8.86. The lowest BCUT2D eigenvalue weighted by Gasteiger charge is -1.99. The molecular weight excluding hydrogens is 212 g/mol. The molecule has 0 atom stereocenters. The summed E-state index contributed by atoms with van der Waals surface area (Å²) in [5.41, 5.74) is 0.425. The molecule has 2 heterocycles. The molecule has 2 aromatic rings. The van der Waals surface area contributed by atoms with Crippen LogP contribution in [0.3, 0.4) is 0 Å².